The molecule has 1 atom stereocenters. The second kappa shape index (κ2) is 10.6. The maximum atomic E-state index is 13.6. The van der Waals surface area contributed by atoms with Crippen molar-refractivity contribution in [1.29, 1.82) is 0 Å². The van der Waals surface area contributed by atoms with Crippen molar-refractivity contribution in [3.8, 4) is 0 Å². The van der Waals surface area contributed by atoms with E-state index in [1.165, 1.54) is 0 Å². The van der Waals surface area contributed by atoms with Crippen LogP contribution in [0.25, 0.3) is 16.0 Å². The van der Waals surface area contributed by atoms with Gasteiger partial charge in [-0.2, -0.15) is 0 Å². The second-order valence-electron chi connectivity index (χ2n) is 8.51. The van der Waals surface area contributed by atoms with E-state index < -0.39 is 27.7 Å². The fraction of sp³-hybridized carbons (Fsp3) is 0.148. The van der Waals surface area contributed by atoms with E-state index in [9.17, 15) is 18.0 Å². The maximum Gasteiger partial charge on any atom is 0.269 e. The van der Waals surface area contributed by atoms with E-state index in [1.54, 1.807) is 36.4 Å². The number of benzene rings is 3. The number of carbonyl (C=O) groups is 2. The van der Waals surface area contributed by atoms with Crippen molar-refractivity contribution in [2.75, 3.05) is 11.5 Å². The van der Waals surface area contributed by atoms with Gasteiger partial charge in [-0.3, -0.25) is 9.59 Å². The fourth-order valence-electron chi connectivity index (χ4n) is 3.98. The Morgan fingerprint density at radius 2 is 1.54 bits per heavy atom. The van der Waals surface area contributed by atoms with Gasteiger partial charge in [0, 0.05) is 11.6 Å². The molecule has 188 valence electrons. The number of hydrogen-bond donors (Lipinski definition) is 2. The lowest BCUT2D eigenvalue weighted by atomic mass is 10.1. The monoisotopic (exact) mass is 533 g/mol. The Morgan fingerprint density at radius 1 is 0.892 bits per heavy atom. The molecule has 5 rings (SSSR count). The SMILES string of the molecule is O=C(NC1CCS(=O)(=O)C1)C(NC(=O)c1ccccc1)=C(Sc1nc2ccccc2o1)c1ccccc1. The molecule has 1 saturated heterocycles. The number of hydrogen-bond acceptors (Lipinski definition) is 7. The summed E-state index contributed by atoms with van der Waals surface area (Å²) in [5.74, 6) is -1.20. The van der Waals surface area contributed by atoms with Crippen LogP contribution in [0.3, 0.4) is 0 Å². The van der Waals surface area contributed by atoms with E-state index in [2.05, 4.69) is 15.6 Å². The second-order valence-corrected chi connectivity index (χ2v) is 11.7. The lowest BCUT2D eigenvalue weighted by Crippen LogP contribution is -2.41. The number of amides is 2. The summed E-state index contributed by atoms with van der Waals surface area (Å²) in [7, 11) is -3.22. The number of aromatic nitrogens is 1. The van der Waals surface area contributed by atoms with Gasteiger partial charge < -0.3 is 15.1 Å². The third-order valence-corrected chi connectivity index (χ3v) is 8.56. The Bertz CT molecular complexity index is 1550. The van der Waals surface area contributed by atoms with E-state index in [1.807, 2.05) is 48.5 Å². The zero-order chi connectivity index (χ0) is 25.8. The van der Waals surface area contributed by atoms with Crippen LogP contribution < -0.4 is 10.6 Å². The molecule has 0 bridgehead atoms. The van der Waals surface area contributed by atoms with Gasteiger partial charge in [0.15, 0.2) is 15.4 Å². The number of thioether (sulfide) groups is 1. The third-order valence-electron chi connectivity index (χ3n) is 5.80. The molecule has 0 radical (unpaired) electrons. The van der Waals surface area contributed by atoms with Crippen molar-refractivity contribution >= 4 is 49.4 Å². The highest BCUT2D eigenvalue weighted by molar-refractivity contribution is 8.08. The Balaban J connectivity index is 1.58. The van der Waals surface area contributed by atoms with Crippen LogP contribution in [0.1, 0.15) is 22.3 Å². The summed E-state index contributed by atoms with van der Waals surface area (Å²) in [4.78, 5) is 31.7. The maximum absolute atomic E-state index is 13.6. The van der Waals surface area contributed by atoms with Crippen molar-refractivity contribution in [3.05, 3.63) is 102 Å². The van der Waals surface area contributed by atoms with Crippen LogP contribution in [-0.2, 0) is 14.6 Å². The van der Waals surface area contributed by atoms with Crippen molar-refractivity contribution < 1.29 is 22.4 Å². The summed E-state index contributed by atoms with van der Waals surface area (Å²) in [5.41, 5.74) is 2.26. The van der Waals surface area contributed by atoms with Crippen LogP contribution in [0, 0.1) is 0 Å². The summed E-state index contributed by atoms with van der Waals surface area (Å²) in [6.07, 6.45) is 0.312. The number of fused-ring (bicyclic) bond motifs is 1. The number of carbonyl (C=O) groups excluding carboxylic acids is 2. The number of nitrogens with one attached hydrogen (secondary N) is 2. The largest absolute Gasteiger partial charge is 0.431 e. The first-order valence-corrected chi connectivity index (χ1v) is 14.2. The number of oxazole rings is 1. The average Bonchev–Trinajstić information content (AvgIpc) is 3.48. The highest BCUT2D eigenvalue weighted by Gasteiger charge is 2.31. The molecule has 2 N–H and O–H groups in total. The minimum Gasteiger partial charge on any atom is -0.431 e. The van der Waals surface area contributed by atoms with Crippen LogP contribution in [0.2, 0.25) is 0 Å². The average molecular weight is 534 g/mol. The molecule has 4 aromatic rings. The number of rotatable bonds is 7. The minimum absolute atomic E-state index is 0.0105. The normalized spacial score (nSPS) is 17.2. The highest BCUT2D eigenvalue weighted by Crippen LogP contribution is 2.37. The summed E-state index contributed by atoms with van der Waals surface area (Å²) in [6.45, 7) is 0. The third kappa shape index (κ3) is 5.92. The number of para-hydroxylation sites is 2. The molecule has 2 amide bonds. The Morgan fingerprint density at radius 3 is 2.19 bits per heavy atom. The van der Waals surface area contributed by atoms with Crippen LogP contribution in [0.5, 0.6) is 0 Å². The quantitative estimate of drug-likeness (QED) is 0.272. The lowest BCUT2D eigenvalue weighted by Gasteiger charge is -2.18. The first-order chi connectivity index (χ1) is 17.9. The zero-order valence-corrected chi connectivity index (χ0v) is 21.2. The molecule has 1 aliphatic heterocycles. The predicted molar refractivity (Wildman–Crippen MR) is 142 cm³/mol. The molecular formula is C27H23N3O5S2. The highest BCUT2D eigenvalue weighted by atomic mass is 32.2. The Labute approximate surface area is 218 Å². The van der Waals surface area contributed by atoms with Crippen LogP contribution in [0.15, 0.2) is 100 Å². The predicted octanol–water partition coefficient (Wildman–Crippen LogP) is 4.02. The summed E-state index contributed by atoms with van der Waals surface area (Å²) in [5, 5.41) is 5.86. The van der Waals surface area contributed by atoms with Gasteiger partial charge in [0.05, 0.1) is 16.4 Å². The fourth-order valence-corrected chi connectivity index (χ4v) is 6.61. The summed E-state index contributed by atoms with van der Waals surface area (Å²) in [6, 6.07) is 24.4. The standard InChI is InChI=1S/C27H23N3O5S2/c31-25(19-11-5-2-6-12-19)30-23(26(32)28-20-15-16-37(33,34)17-20)24(18-9-3-1-4-10-18)36-27-29-21-13-7-8-14-22(21)35-27/h1-14,20H,15-17H2,(H,28,32)(H,30,31). The summed E-state index contributed by atoms with van der Waals surface area (Å²) >= 11 is 1.11. The van der Waals surface area contributed by atoms with Crippen LogP contribution in [-0.4, -0.2) is 42.8 Å². The summed E-state index contributed by atoms with van der Waals surface area (Å²) < 4.78 is 29.9. The molecule has 10 heteroatoms. The van der Waals surface area contributed by atoms with Crippen LogP contribution in [0.4, 0.5) is 0 Å². The molecule has 0 aliphatic carbocycles. The first kappa shape index (κ1) is 24.8. The van der Waals surface area contributed by atoms with Gasteiger partial charge in [-0.05, 0) is 48.0 Å². The van der Waals surface area contributed by atoms with Crippen molar-refractivity contribution in [2.45, 2.75) is 17.7 Å². The molecule has 1 aliphatic rings. The van der Waals surface area contributed by atoms with E-state index in [-0.39, 0.29) is 17.2 Å². The van der Waals surface area contributed by atoms with Gasteiger partial charge in [-0.25, -0.2) is 13.4 Å². The van der Waals surface area contributed by atoms with Gasteiger partial charge in [-0.15, -0.1) is 0 Å². The zero-order valence-electron chi connectivity index (χ0n) is 19.6. The minimum atomic E-state index is -3.22. The lowest BCUT2D eigenvalue weighted by molar-refractivity contribution is -0.118. The van der Waals surface area contributed by atoms with E-state index >= 15 is 0 Å². The van der Waals surface area contributed by atoms with Gasteiger partial charge in [0.2, 0.25) is 0 Å². The number of sulfone groups is 1. The van der Waals surface area contributed by atoms with Gasteiger partial charge in [-0.1, -0.05) is 60.7 Å². The molecule has 0 saturated carbocycles. The van der Waals surface area contributed by atoms with Gasteiger partial charge in [0.1, 0.15) is 11.2 Å². The molecule has 1 aromatic heterocycles. The first-order valence-electron chi connectivity index (χ1n) is 11.6. The van der Waals surface area contributed by atoms with Gasteiger partial charge in [0.25, 0.3) is 17.0 Å². The molecule has 2 heterocycles. The number of nitrogens with zero attached hydrogens (tertiary/aromatic N) is 1. The van der Waals surface area contributed by atoms with E-state index in [4.69, 9.17) is 4.42 Å². The topological polar surface area (TPSA) is 118 Å². The Kier molecular flexibility index (Phi) is 7.11. The van der Waals surface area contributed by atoms with Gasteiger partial charge >= 0.3 is 0 Å². The van der Waals surface area contributed by atoms with E-state index in [0.717, 1.165) is 11.8 Å². The molecule has 3 aromatic carbocycles. The smallest absolute Gasteiger partial charge is 0.269 e. The molecule has 8 nitrogen and oxygen atoms in total. The van der Waals surface area contributed by atoms with E-state index in [0.29, 0.717) is 38.8 Å². The van der Waals surface area contributed by atoms with Crippen LogP contribution >= 0.6 is 11.8 Å². The van der Waals surface area contributed by atoms with Crippen molar-refractivity contribution in [3.63, 3.8) is 0 Å². The molecule has 1 fully saturated rings. The molecule has 0 spiro atoms. The molecule has 1 unspecified atom stereocenters. The van der Waals surface area contributed by atoms with Crippen molar-refractivity contribution in [1.82, 2.24) is 15.6 Å². The molecular weight excluding hydrogens is 510 g/mol. The van der Waals surface area contributed by atoms with Crippen molar-refractivity contribution in [2.24, 2.45) is 0 Å². The molecule has 37 heavy (non-hydrogen) atoms. The Hall–Kier alpha value is -3.89.